The molecule has 2 aromatic rings. The van der Waals surface area contributed by atoms with Gasteiger partial charge in [-0.3, -0.25) is 5.10 Å². The number of hydrogen-bond donors (Lipinski definition) is 1. The Kier molecular flexibility index (Phi) is 2.50. The molecule has 1 N–H and O–H groups in total. The van der Waals surface area contributed by atoms with Gasteiger partial charge in [0.2, 0.25) is 0 Å². The number of aromatic amines is 1. The number of nitrogens with zero attached hydrogens (tertiary/aromatic N) is 1. The molecule has 0 fully saturated rings. The first-order valence-electron chi connectivity index (χ1n) is 5.98. The van der Waals surface area contributed by atoms with E-state index in [1.54, 1.807) is 22.7 Å². The van der Waals surface area contributed by atoms with Crippen molar-refractivity contribution in [1.82, 2.24) is 10.2 Å². The molecule has 19 heavy (non-hydrogen) atoms. The lowest BCUT2D eigenvalue weighted by molar-refractivity contribution is 1.05. The number of fused-ring (bicyclic) bond motifs is 1. The number of aromatic nitrogens is 2. The Morgan fingerprint density at radius 2 is 1.53 bits per heavy atom. The summed E-state index contributed by atoms with van der Waals surface area (Å²) in [6.45, 7) is 0. The molecule has 3 heterocycles. The molecule has 0 saturated carbocycles. The van der Waals surface area contributed by atoms with E-state index in [-0.39, 0.29) is 0 Å². The highest BCUT2D eigenvalue weighted by Gasteiger charge is 2.17. The summed E-state index contributed by atoms with van der Waals surface area (Å²) in [6.07, 6.45) is 0. The second kappa shape index (κ2) is 4.33. The maximum atomic E-state index is 4.57. The first-order chi connectivity index (χ1) is 9.43. The van der Waals surface area contributed by atoms with Crippen molar-refractivity contribution in [2.24, 2.45) is 0 Å². The molecule has 1 aliphatic carbocycles. The van der Waals surface area contributed by atoms with Gasteiger partial charge in [-0.15, -0.1) is 22.7 Å². The van der Waals surface area contributed by atoms with Gasteiger partial charge in [0.15, 0.2) is 0 Å². The number of H-pyrrole nitrogens is 1. The highest BCUT2D eigenvalue weighted by atomic mass is 32.1. The highest BCUT2D eigenvalue weighted by Crippen LogP contribution is 2.40. The molecule has 2 aliphatic rings. The summed E-state index contributed by atoms with van der Waals surface area (Å²) in [5.74, 6) is 0. The van der Waals surface area contributed by atoms with E-state index in [1.165, 1.54) is 20.9 Å². The van der Waals surface area contributed by atoms with Crippen molar-refractivity contribution >= 4 is 22.7 Å². The van der Waals surface area contributed by atoms with Gasteiger partial charge in [-0.2, -0.15) is 5.10 Å². The van der Waals surface area contributed by atoms with Crippen LogP contribution in [0.5, 0.6) is 0 Å². The van der Waals surface area contributed by atoms with Crippen molar-refractivity contribution in [3.8, 4) is 32.3 Å². The monoisotopic (exact) mass is 282 g/mol. The van der Waals surface area contributed by atoms with Crippen LogP contribution in [0.1, 0.15) is 0 Å². The third-order valence-corrected chi connectivity index (χ3v) is 4.91. The number of nitrogens with one attached hydrogen (secondary N) is 1. The maximum absolute atomic E-state index is 4.57. The van der Waals surface area contributed by atoms with Crippen molar-refractivity contribution in [2.75, 3.05) is 0 Å². The largest absolute Gasteiger partial charge is 0.276 e. The van der Waals surface area contributed by atoms with E-state index in [1.807, 2.05) is 0 Å². The van der Waals surface area contributed by atoms with Crippen LogP contribution in [0.3, 0.4) is 0 Å². The Labute approximate surface area is 118 Å². The lowest BCUT2D eigenvalue weighted by Gasteiger charge is -2.10. The molecular weight excluding hydrogens is 272 g/mol. The summed E-state index contributed by atoms with van der Waals surface area (Å²) >= 11 is 3.45. The predicted octanol–water partition coefficient (Wildman–Crippen LogP) is 4.97. The normalized spacial score (nSPS) is 11.2. The van der Waals surface area contributed by atoms with Gasteiger partial charge in [-0.1, -0.05) is 30.3 Å². The molecule has 0 unspecified atom stereocenters. The summed E-state index contributed by atoms with van der Waals surface area (Å²) in [7, 11) is 0. The molecular formula is C15H10N2S2. The lowest BCUT2D eigenvalue weighted by atomic mass is 10.1. The molecule has 0 atom stereocenters. The van der Waals surface area contributed by atoms with E-state index < -0.39 is 0 Å². The SMILES string of the molecule is c1csc(-c2n[nH]c(-c3cccs3)c3cccc2-3)c1. The molecule has 0 aromatic carbocycles. The third kappa shape index (κ3) is 1.72. The van der Waals surface area contributed by atoms with E-state index in [4.69, 9.17) is 0 Å². The fourth-order valence-corrected chi connectivity index (χ4v) is 3.75. The van der Waals surface area contributed by atoms with E-state index in [9.17, 15) is 0 Å². The van der Waals surface area contributed by atoms with Gasteiger partial charge in [0.05, 0.1) is 15.4 Å². The minimum atomic E-state index is 1.04. The molecule has 2 nitrogen and oxygen atoms in total. The maximum Gasteiger partial charge on any atom is 0.108 e. The van der Waals surface area contributed by atoms with Gasteiger partial charge in [-0.05, 0) is 22.9 Å². The lowest BCUT2D eigenvalue weighted by Crippen LogP contribution is -1.94. The average Bonchev–Trinajstić information content (AvgIpc) is 3.19. The minimum Gasteiger partial charge on any atom is -0.276 e. The number of hydrogen-bond acceptors (Lipinski definition) is 3. The number of thiophene rings is 2. The second-order valence-electron chi connectivity index (χ2n) is 4.25. The standard InChI is InChI=1S/C15H10N2S2/c1-4-10-11(5-1)15(13-7-3-9-19-13)17-16-14(10)12-6-2-8-18-12/h1-9,16H. The Bertz CT molecular complexity index is 701. The van der Waals surface area contributed by atoms with E-state index in [2.05, 4.69) is 63.4 Å². The van der Waals surface area contributed by atoms with Crippen molar-refractivity contribution in [3.63, 3.8) is 0 Å². The van der Waals surface area contributed by atoms with Gasteiger partial charge >= 0.3 is 0 Å². The van der Waals surface area contributed by atoms with Gasteiger partial charge in [-0.25, -0.2) is 0 Å². The smallest absolute Gasteiger partial charge is 0.108 e. The van der Waals surface area contributed by atoms with Crippen LogP contribution in [-0.4, -0.2) is 10.2 Å². The van der Waals surface area contributed by atoms with Crippen LogP contribution in [-0.2, 0) is 0 Å². The quantitative estimate of drug-likeness (QED) is 0.552. The zero-order valence-corrected chi connectivity index (χ0v) is 11.6. The predicted molar refractivity (Wildman–Crippen MR) is 81.8 cm³/mol. The Morgan fingerprint density at radius 3 is 2.26 bits per heavy atom. The molecule has 4 rings (SSSR count). The summed E-state index contributed by atoms with van der Waals surface area (Å²) < 4.78 is 0. The van der Waals surface area contributed by atoms with Crippen LogP contribution in [0.4, 0.5) is 0 Å². The molecule has 92 valence electrons. The van der Waals surface area contributed by atoms with Gasteiger partial charge in [0.25, 0.3) is 0 Å². The van der Waals surface area contributed by atoms with Crippen molar-refractivity contribution < 1.29 is 0 Å². The van der Waals surface area contributed by atoms with Crippen LogP contribution in [0.25, 0.3) is 32.3 Å². The van der Waals surface area contributed by atoms with Gasteiger partial charge < -0.3 is 0 Å². The van der Waals surface area contributed by atoms with Crippen molar-refractivity contribution in [1.29, 1.82) is 0 Å². The van der Waals surface area contributed by atoms with E-state index in [0.717, 1.165) is 11.4 Å². The topological polar surface area (TPSA) is 28.7 Å². The Morgan fingerprint density at radius 1 is 0.789 bits per heavy atom. The fourth-order valence-electron chi connectivity index (χ4n) is 2.29. The molecule has 0 spiro atoms. The minimum absolute atomic E-state index is 1.04. The Balaban J connectivity index is 1.97. The summed E-state index contributed by atoms with van der Waals surface area (Å²) in [5, 5.41) is 12.0. The van der Waals surface area contributed by atoms with E-state index >= 15 is 0 Å². The molecule has 0 amide bonds. The first-order valence-corrected chi connectivity index (χ1v) is 7.74. The summed E-state index contributed by atoms with van der Waals surface area (Å²) in [4.78, 5) is 2.42. The van der Waals surface area contributed by atoms with Crippen LogP contribution in [0, 0.1) is 0 Å². The van der Waals surface area contributed by atoms with Gasteiger partial charge in [0, 0.05) is 11.1 Å². The van der Waals surface area contributed by atoms with Gasteiger partial charge in [0.1, 0.15) is 5.69 Å². The number of rotatable bonds is 2. The Hall–Kier alpha value is -1.91. The van der Waals surface area contributed by atoms with Crippen LogP contribution >= 0.6 is 22.7 Å². The fraction of sp³-hybridized carbons (Fsp3) is 0. The summed E-state index contributed by atoms with van der Waals surface area (Å²) in [6, 6.07) is 14.7. The molecule has 2 aromatic heterocycles. The zero-order valence-electron chi connectivity index (χ0n) is 9.96. The average molecular weight is 282 g/mol. The molecule has 0 radical (unpaired) electrons. The van der Waals surface area contributed by atoms with Crippen LogP contribution in [0.2, 0.25) is 0 Å². The van der Waals surface area contributed by atoms with E-state index in [0.29, 0.717) is 0 Å². The molecule has 1 aliphatic heterocycles. The van der Waals surface area contributed by atoms with Crippen LogP contribution < -0.4 is 0 Å². The summed E-state index contributed by atoms with van der Waals surface area (Å²) in [5.41, 5.74) is 4.59. The zero-order chi connectivity index (χ0) is 12.7. The molecule has 0 bridgehead atoms. The van der Waals surface area contributed by atoms with Crippen LogP contribution in [0.15, 0.2) is 53.2 Å². The van der Waals surface area contributed by atoms with Crippen molar-refractivity contribution in [2.45, 2.75) is 0 Å². The molecule has 0 saturated heterocycles. The highest BCUT2D eigenvalue weighted by molar-refractivity contribution is 7.14. The molecule has 4 heteroatoms. The first kappa shape index (κ1) is 11.0. The second-order valence-corrected chi connectivity index (χ2v) is 6.15. The van der Waals surface area contributed by atoms with Crippen molar-refractivity contribution in [3.05, 3.63) is 53.2 Å². The third-order valence-electron chi connectivity index (χ3n) is 3.14.